The van der Waals surface area contributed by atoms with Crippen molar-refractivity contribution in [1.29, 1.82) is 0 Å². The largest absolute Gasteiger partial charge is 0.364 e. The Morgan fingerprint density at radius 2 is 1.79 bits per heavy atom. The number of nitrogens with two attached hydrogens (primary N) is 1. The lowest BCUT2D eigenvalue weighted by molar-refractivity contribution is 0.0996. The average molecular weight is 396 g/mol. The minimum absolute atomic E-state index is 0.0106. The van der Waals surface area contributed by atoms with E-state index in [0.29, 0.717) is 23.6 Å². The molecule has 0 fully saturated rings. The van der Waals surface area contributed by atoms with Crippen LogP contribution in [0.25, 0.3) is 16.9 Å². The Labute approximate surface area is 170 Å². The van der Waals surface area contributed by atoms with Gasteiger partial charge in [0.1, 0.15) is 11.3 Å². The monoisotopic (exact) mass is 395 g/mol. The van der Waals surface area contributed by atoms with E-state index in [9.17, 15) is 9.59 Å². The number of fused-ring (bicyclic) bond motifs is 1. The molecule has 7 heteroatoms. The highest BCUT2D eigenvalue weighted by molar-refractivity contribution is 6.01. The zero-order valence-corrected chi connectivity index (χ0v) is 17.6. The first kappa shape index (κ1) is 20.8. The number of aryl methyl sites for hydroxylation is 1. The molecule has 3 rings (SSSR count). The van der Waals surface area contributed by atoms with Gasteiger partial charge in [0.2, 0.25) is 0 Å². The number of aromatic nitrogens is 4. The molecule has 0 radical (unpaired) electrons. The van der Waals surface area contributed by atoms with Gasteiger partial charge in [-0.1, -0.05) is 59.1 Å². The summed E-state index contributed by atoms with van der Waals surface area (Å²) in [6.07, 6.45) is 4.90. The highest BCUT2D eigenvalue weighted by Gasteiger charge is 2.20. The molecule has 29 heavy (non-hydrogen) atoms. The number of aromatic amines is 1. The van der Waals surface area contributed by atoms with Crippen LogP contribution in [0.4, 0.5) is 0 Å². The second-order valence-electron chi connectivity index (χ2n) is 8.42. The van der Waals surface area contributed by atoms with Gasteiger partial charge in [-0.2, -0.15) is 0 Å². The summed E-state index contributed by atoms with van der Waals surface area (Å²) >= 11 is 0. The molecule has 0 aliphatic heterocycles. The fourth-order valence-electron chi connectivity index (χ4n) is 3.38. The number of imidazole rings is 1. The molecule has 1 aromatic carbocycles. The first-order valence-corrected chi connectivity index (χ1v) is 10.1. The van der Waals surface area contributed by atoms with Crippen molar-refractivity contribution in [1.82, 2.24) is 19.5 Å². The van der Waals surface area contributed by atoms with Crippen molar-refractivity contribution >= 4 is 17.1 Å². The third-order valence-electron chi connectivity index (χ3n) is 5.06. The summed E-state index contributed by atoms with van der Waals surface area (Å²) in [5, 5.41) is 0. The fraction of sp³-hybridized carbons (Fsp3) is 0.455. The third kappa shape index (κ3) is 4.39. The summed E-state index contributed by atoms with van der Waals surface area (Å²) in [5.41, 5.74) is 7.73. The Morgan fingerprint density at radius 1 is 1.10 bits per heavy atom. The van der Waals surface area contributed by atoms with E-state index >= 15 is 0 Å². The Kier molecular flexibility index (Phi) is 5.86. The molecule has 0 spiro atoms. The van der Waals surface area contributed by atoms with E-state index < -0.39 is 5.91 Å². The molecular formula is C22H29N5O2. The van der Waals surface area contributed by atoms with Crippen molar-refractivity contribution in [3.63, 3.8) is 0 Å². The predicted octanol–water partition coefficient (Wildman–Crippen LogP) is 3.63. The van der Waals surface area contributed by atoms with Gasteiger partial charge in [-0.05, 0) is 29.5 Å². The Bertz CT molecular complexity index is 1070. The van der Waals surface area contributed by atoms with E-state index in [-0.39, 0.29) is 22.3 Å². The molecule has 0 bridgehead atoms. The number of primary amides is 1. The van der Waals surface area contributed by atoms with Crippen LogP contribution < -0.4 is 11.4 Å². The smallest absolute Gasteiger partial charge is 0.332 e. The topological polar surface area (TPSA) is 107 Å². The van der Waals surface area contributed by atoms with Gasteiger partial charge in [0, 0.05) is 6.42 Å². The number of hydrogen-bond donors (Lipinski definition) is 2. The van der Waals surface area contributed by atoms with Gasteiger partial charge in [-0.25, -0.2) is 19.3 Å². The summed E-state index contributed by atoms with van der Waals surface area (Å²) < 4.78 is 1.48. The second kappa shape index (κ2) is 8.19. The molecule has 0 saturated heterocycles. The van der Waals surface area contributed by atoms with E-state index in [1.54, 1.807) is 0 Å². The zero-order valence-electron chi connectivity index (χ0n) is 17.6. The Hall–Kier alpha value is -2.96. The molecular weight excluding hydrogens is 366 g/mol. The van der Waals surface area contributed by atoms with Gasteiger partial charge < -0.3 is 10.7 Å². The molecule has 154 valence electrons. The lowest BCUT2D eigenvalue weighted by Crippen LogP contribution is -2.16. The zero-order chi connectivity index (χ0) is 21.2. The molecule has 3 N–H and O–H groups in total. The molecule has 0 atom stereocenters. The van der Waals surface area contributed by atoms with Crippen LogP contribution in [0.5, 0.6) is 0 Å². The van der Waals surface area contributed by atoms with Crippen LogP contribution in [0.1, 0.15) is 75.3 Å². The van der Waals surface area contributed by atoms with Crippen LogP contribution in [0.2, 0.25) is 0 Å². The maximum Gasteiger partial charge on any atom is 0.332 e. The average Bonchev–Trinajstić information content (AvgIpc) is 2.99. The molecule has 0 unspecified atom stereocenters. The molecule has 7 nitrogen and oxygen atoms in total. The van der Waals surface area contributed by atoms with Gasteiger partial charge in [0.25, 0.3) is 5.91 Å². The number of benzene rings is 1. The van der Waals surface area contributed by atoms with E-state index in [1.165, 1.54) is 10.1 Å². The van der Waals surface area contributed by atoms with Gasteiger partial charge in [0.15, 0.2) is 11.3 Å². The number of carbonyl (C=O) groups is 1. The Balaban J connectivity index is 2.10. The standard InChI is InChI=1S/C22H29N5O2/c1-5-6-7-8-9-16-24-17(19(23)28)18-20(25-16)27(21(29)26-18)15-12-10-14(11-13-15)22(2,3)4/h10-13H,5-9H2,1-4H3,(H2,23,28)(H,26,29). The van der Waals surface area contributed by atoms with Crippen molar-refractivity contribution in [3.05, 3.63) is 51.8 Å². The summed E-state index contributed by atoms with van der Waals surface area (Å²) in [6, 6.07) is 7.79. The number of rotatable bonds is 7. The van der Waals surface area contributed by atoms with Crippen molar-refractivity contribution < 1.29 is 4.79 Å². The van der Waals surface area contributed by atoms with Gasteiger partial charge in [0.05, 0.1) is 5.69 Å². The number of hydrogen-bond acceptors (Lipinski definition) is 4. The highest BCUT2D eigenvalue weighted by atomic mass is 16.2. The van der Waals surface area contributed by atoms with Crippen LogP contribution in [0.15, 0.2) is 29.1 Å². The van der Waals surface area contributed by atoms with E-state index in [4.69, 9.17) is 5.73 Å². The first-order valence-electron chi connectivity index (χ1n) is 10.1. The van der Waals surface area contributed by atoms with Crippen molar-refractivity contribution in [2.24, 2.45) is 5.73 Å². The lowest BCUT2D eigenvalue weighted by atomic mass is 9.87. The number of amides is 1. The fourth-order valence-corrected chi connectivity index (χ4v) is 3.38. The molecule has 0 aliphatic rings. The normalized spacial score (nSPS) is 11.9. The molecule has 0 aliphatic carbocycles. The number of nitrogens with zero attached hydrogens (tertiary/aromatic N) is 3. The van der Waals surface area contributed by atoms with Crippen molar-refractivity contribution in [2.75, 3.05) is 0 Å². The van der Waals surface area contributed by atoms with Crippen molar-refractivity contribution in [3.8, 4) is 5.69 Å². The lowest BCUT2D eigenvalue weighted by Gasteiger charge is -2.19. The first-order chi connectivity index (χ1) is 13.7. The van der Waals surface area contributed by atoms with Crippen LogP contribution in [-0.4, -0.2) is 25.4 Å². The van der Waals surface area contributed by atoms with Crippen LogP contribution in [0.3, 0.4) is 0 Å². The summed E-state index contributed by atoms with van der Waals surface area (Å²) in [6.45, 7) is 8.56. The molecule has 1 amide bonds. The van der Waals surface area contributed by atoms with Gasteiger partial charge in [-0.15, -0.1) is 0 Å². The summed E-state index contributed by atoms with van der Waals surface area (Å²) in [5.74, 6) is -0.148. The van der Waals surface area contributed by atoms with Crippen molar-refractivity contribution in [2.45, 2.75) is 65.2 Å². The second-order valence-corrected chi connectivity index (χ2v) is 8.42. The minimum atomic E-state index is -0.677. The number of H-pyrrole nitrogens is 1. The minimum Gasteiger partial charge on any atom is -0.364 e. The van der Waals surface area contributed by atoms with Crippen LogP contribution in [0, 0.1) is 0 Å². The van der Waals surface area contributed by atoms with Crippen LogP contribution in [-0.2, 0) is 11.8 Å². The van der Waals surface area contributed by atoms with Gasteiger partial charge >= 0.3 is 5.69 Å². The Morgan fingerprint density at radius 3 is 2.38 bits per heavy atom. The number of carbonyl (C=O) groups excluding carboxylic acids is 1. The SMILES string of the molecule is CCCCCCc1nc(C(N)=O)c2[nH]c(=O)n(-c3ccc(C(C)(C)C)cc3)c2n1. The predicted molar refractivity (Wildman–Crippen MR) is 115 cm³/mol. The summed E-state index contributed by atoms with van der Waals surface area (Å²) in [7, 11) is 0. The molecule has 0 saturated carbocycles. The highest BCUT2D eigenvalue weighted by Crippen LogP contribution is 2.24. The number of nitrogens with one attached hydrogen (secondary N) is 1. The quantitative estimate of drug-likeness (QED) is 0.596. The van der Waals surface area contributed by atoms with E-state index in [2.05, 4.69) is 42.6 Å². The van der Waals surface area contributed by atoms with Gasteiger partial charge in [-0.3, -0.25) is 4.79 Å². The van der Waals surface area contributed by atoms with E-state index in [0.717, 1.165) is 25.7 Å². The maximum atomic E-state index is 12.7. The molecule has 2 heterocycles. The summed E-state index contributed by atoms with van der Waals surface area (Å²) in [4.78, 5) is 36.3. The maximum absolute atomic E-state index is 12.7. The molecule has 2 aromatic heterocycles. The molecule has 3 aromatic rings. The van der Waals surface area contributed by atoms with E-state index in [1.807, 2.05) is 24.3 Å². The number of unbranched alkanes of at least 4 members (excludes halogenated alkanes) is 3. The van der Waals surface area contributed by atoms with Crippen LogP contribution >= 0.6 is 0 Å². The third-order valence-corrected chi connectivity index (χ3v) is 5.06.